The molecular formula is C7H6O. The number of aryl methyl sites for hydroxylation is 1. The van der Waals surface area contributed by atoms with Gasteiger partial charge in [-0.1, -0.05) is 0 Å². The minimum Gasteiger partial charge on any atom is -0.507 e. The average Bonchev–Trinajstić information content (AvgIpc) is 2.29. The number of phenolic OH excluding ortho intramolecular Hbond substituents is 1. The topological polar surface area (TPSA) is 20.2 Å². The third-order valence-corrected chi connectivity index (χ3v) is 1.48. The molecule has 0 aromatic carbocycles. The Morgan fingerprint density at radius 1 is 1.25 bits per heavy atom. The van der Waals surface area contributed by atoms with Gasteiger partial charge in [0.15, 0.2) is 0 Å². The van der Waals surface area contributed by atoms with E-state index < -0.39 is 0 Å². The van der Waals surface area contributed by atoms with Gasteiger partial charge in [0, 0.05) is 11.1 Å². The maximum atomic E-state index is 8.83. The van der Waals surface area contributed by atoms with Gasteiger partial charge in [-0.25, -0.2) is 0 Å². The summed E-state index contributed by atoms with van der Waals surface area (Å²) in [5, 5.41) is 8.83. The molecule has 0 unspecified atom stereocenters. The summed E-state index contributed by atoms with van der Waals surface area (Å²) in [5.41, 5.74) is 3.33. The Morgan fingerprint density at radius 3 is 2.12 bits per heavy atom. The molecule has 0 aliphatic heterocycles. The Hall–Kier alpha value is -0.980. The van der Waals surface area contributed by atoms with E-state index in [1.807, 2.05) is 19.1 Å². The van der Waals surface area contributed by atoms with Gasteiger partial charge >= 0.3 is 0 Å². The van der Waals surface area contributed by atoms with Crippen LogP contribution < -0.4 is 0 Å². The van der Waals surface area contributed by atoms with Crippen LogP contribution in [0.25, 0.3) is 11.1 Å². The average molecular weight is 106 g/mol. The van der Waals surface area contributed by atoms with E-state index in [0.717, 1.165) is 11.1 Å². The number of benzene rings is 1. The fourth-order valence-corrected chi connectivity index (χ4v) is 0.996. The summed E-state index contributed by atoms with van der Waals surface area (Å²) >= 11 is 0. The van der Waals surface area contributed by atoms with Crippen molar-refractivity contribution in [3.63, 3.8) is 0 Å². The zero-order valence-electron chi connectivity index (χ0n) is 4.60. The molecule has 0 aromatic heterocycles. The van der Waals surface area contributed by atoms with Crippen molar-refractivity contribution in [3.05, 3.63) is 17.7 Å². The predicted octanol–water partition coefficient (Wildman–Crippen LogP) is 1.68. The minimum absolute atomic E-state index is 0.496. The van der Waals surface area contributed by atoms with Gasteiger partial charge in [-0.2, -0.15) is 0 Å². The third kappa shape index (κ3) is 0.280. The van der Waals surface area contributed by atoms with Crippen LogP contribution in [0.1, 0.15) is 5.56 Å². The lowest BCUT2D eigenvalue weighted by atomic mass is 10.4. The third-order valence-electron chi connectivity index (χ3n) is 1.48. The predicted molar refractivity (Wildman–Crippen MR) is 31.8 cm³/mol. The van der Waals surface area contributed by atoms with Gasteiger partial charge in [-0.15, -0.1) is 0 Å². The Bertz CT molecular complexity index is 228. The van der Waals surface area contributed by atoms with Crippen molar-refractivity contribution in [1.29, 1.82) is 0 Å². The van der Waals surface area contributed by atoms with Crippen molar-refractivity contribution in [2.75, 3.05) is 0 Å². The molecule has 1 N–H and O–H groups in total. The van der Waals surface area contributed by atoms with Crippen LogP contribution in [0.3, 0.4) is 0 Å². The normalized spacial score (nSPS) is 11.6. The van der Waals surface area contributed by atoms with Crippen LogP contribution in [-0.2, 0) is 0 Å². The van der Waals surface area contributed by atoms with Gasteiger partial charge in [-0.05, 0) is 24.6 Å². The molecule has 0 bridgehead atoms. The molecule has 0 fully saturated rings. The van der Waals surface area contributed by atoms with Gasteiger partial charge in [0.05, 0.1) is 0 Å². The molecule has 40 valence electrons. The van der Waals surface area contributed by atoms with Gasteiger partial charge < -0.3 is 5.11 Å². The zero-order valence-corrected chi connectivity index (χ0v) is 4.60. The lowest BCUT2D eigenvalue weighted by Crippen LogP contribution is -1.52. The molecule has 0 spiro atoms. The quantitative estimate of drug-likeness (QED) is 0.541. The van der Waals surface area contributed by atoms with Crippen molar-refractivity contribution in [2.24, 2.45) is 0 Å². The monoisotopic (exact) mass is 106 g/mol. The van der Waals surface area contributed by atoms with E-state index in [9.17, 15) is 0 Å². The van der Waals surface area contributed by atoms with E-state index in [0.29, 0.717) is 5.75 Å². The summed E-state index contributed by atoms with van der Waals surface area (Å²) in [7, 11) is 0. The number of rotatable bonds is 0. The number of hydrogen-bond acceptors (Lipinski definition) is 1. The van der Waals surface area contributed by atoms with Crippen molar-refractivity contribution < 1.29 is 5.11 Å². The molecule has 1 heteroatoms. The van der Waals surface area contributed by atoms with Crippen LogP contribution >= 0.6 is 0 Å². The Labute approximate surface area is 47.6 Å². The van der Waals surface area contributed by atoms with Crippen molar-refractivity contribution >= 4 is 0 Å². The lowest BCUT2D eigenvalue weighted by Gasteiger charge is -1.73. The summed E-state index contributed by atoms with van der Waals surface area (Å²) in [6.45, 7) is 2.03. The smallest absolute Gasteiger partial charge is 0.131 e. The number of phenols is 1. The van der Waals surface area contributed by atoms with Gasteiger partial charge in [0.25, 0.3) is 0 Å². The first-order valence-electron chi connectivity index (χ1n) is 2.63. The van der Waals surface area contributed by atoms with Crippen molar-refractivity contribution in [3.8, 4) is 16.9 Å². The summed E-state index contributed by atoms with van der Waals surface area (Å²) in [5.74, 6) is 0.496. The van der Waals surface area contributed by atoms with E-state index in [2.05, 4.69) is 0 Å². The summed E-state index contributed by atoms with van der Waals surface area (Å²) in [4.78, 5) is 0. The first-order valence-corrected chi connectivity index (χ1v) is 2.63. The van der Waals surface area contributed by atoms with Crippen molar-refractivity contribution in [1.82, 2.24) is 0 Å². The molecule has 2 aliphatic rings. The SMILES string of the molecule is Cc1cc2c(O)c-2c1. The highest BCUT2D eigenvalue weighted by atomic mass is 16.3. The fraction of sp³-hybridized carbons (Fsp3) is 0.143. The molecule has 0 atom stereocenters. The first kappa shape index (κ1) is 3.96. The largest absolute Gasteiger partial charge is 0.507 e. The fourth-order valence-electron chi connectivity index (χ4n) is 0.996. The highest BCUT2D eigenvalue weighted by molar-refractivity contribution is 5.95. The number of aromatic hydroxyl groups is 1. The molecule has 2 rings (SSSR count). The summed E-state index contributed by atoms with van der Waals surface area (Å²) in [6.07, 6.45) is 0. The maximum absolute atomic E-state index is 8.83. The number of fused-ring (bicyclic) bond motifs is 1. The van der Waals surface area contributed by atoms with Gasteiger partial charge in [0.1, 0.15) is 5.75 Å². The van der Waals surface area contributed by atoms with Crippen LogP contribution in [0.15, 0.2) is 12.1 Å². The Kier molecular flexibility index (Phi) is 0.442. The van der Waals surface area contributed by atoms with Crippen LogP contribution in [0.2, 0.25) is 0 Å². The van der Waals surface area contributed by atoms with Crippen LogP contribution in [-0.4, -0.2) is 5.11 Å². The van der Waals surface area contributed by atoms with Crippen molar-refractivity contribution in [2.45, 2.75) is 6.92 Å². The van der Waals surface area contributed by atoms with E-state index in [1.165, 1.54) is 5.56 Å². The van der Waals surface area contributed by atoms with E-state index in [-0.39, 0.29) is 0 Å². The molecule has 0 amide bonds. The van der Waals surface area contributed by atoms with Crippen LogP contribution in [0.5, 0.6) is 5.75 Å². The maximum Gasteiger partial charge on any atom is 0.131 e. The van der Waals surface area contributed by atoms with Gasteiger partial charge in [0.2, 0.25) is 0 Å². The van der Waals surface area contributed by atoms with E-state index in [4.69, 9.17) is 5.11 Å². The molecule has 0 radical (unpaired) electrons. The van der Waals surface area contributed by atoms with E-state index >= 15 is 0 Å². The molecule has 0 heterocycles. The van der Waals surface area contributed by atoms with Crippen LogP contribution in [0, 0.1) is 6.92 Å². The summed E-state index contributed by atoms with van der Waals surface area (Å²) < 4.78 is 0. The molecule has 0 aromatic rings. The molecular weight excluding hydrogens is 100 g/mol. The van der Waals surface area contributed by atoms with Gasteiger partial charge in [-0.3, -0.25) is 0 Å². The summed E-state index contributed by atoms with van der Waals surface area (Å²) in [6, 6.07) is 3.98. The molecule has 0 saturated heterocycles. The zero-order chi connectivity index (χ0) is 5.72. The lowest BCUT2D eigenvalue weighted by molar-refractivity contribution is 0.495. The molecule has 2 aliphatic carbocycles. The molecule has 8 heavy (non-hydrogen) atoms. The first-order chi connectivity index (χ1) is 3.79. The van der Waals surface area contributed by atoms with Crippen LogP contribution in [0.4, 0.5) is 0 Å². The standard InChI is InChI=1S/C7H6O/c1-4-2-5-6(3-4)7(5)8/h2-3,8H,1H3. The second kappa shape index (κ2) is 0.895. The minimum atomic E-state index is 0.496. The highest BCUT2D eigenvalue weighted by Gasteiger charge is 2.23. The highest BCUT2D eigenvalue weighted by Crippen LogP contribution is 2.51. The Balaban J connectivity index is 2.66. The molecule has 1 nitrogen and oxygen atoms in total. The Morgan fingerprint density at radius 2 is 1.75 bits per heavy atom. The van der Waals surface area contributed by atoms with E-state index in [1.54, 1.807) is 0 Å². The molecule has 0 saturated carbocycles. The second-order valence-electron chi connectivity index (χ2n) is 2.21. The number of hydrogen-bond donors (Lipinski definition) is 1. The second-order valence-corrected chi connectivity index (χ2v) is 2.21.